The highest BCUT2D eigenvalue weighted by Gasteiger charge is 2.31. The summed E-state index contributed by atoms with van der Waals surface area (Å²) >= 11 is 0. The number of hydrogen-bond donors (Lipinski definition) is 5. The van der Waals surface area contributed by atoms with Crippen molar-refractivity contribution in [1.82, 2.24) is 16.0 Å². The summed E-state index contributed by atoms with van der Waals surface area (Å²) in [6.07, 6.45) is 2.77. The van der Waals surface area contributed by atoms with E-state index < -0.39 is 18.1 Å². The van der Waals surface area contributed by atoms with Crippen molar-refractivity contribution in [3.63, 3.8) is 0 Å². The predicted octanol–water partition coefficient (Wildman–Crippen LogP) is 2.63. The topological polar surface area (TPSA) is 152 Å². The third-order valence-corrected chi connectivity index (χ3v) is 7.91. The Labute approximate surface area is 245 Å². The highest BCUT2D eigenvalue weighted by molar-refractivity contribution is 5.96. The lowest BCUT2D eigenvalue weighted by molar-refractivity contribution is -0.128. The Bertz CT molecular complexity index is 956. The van der Waals surface area contributed by atoms with Crippen molar-refractivity contribution in [2.45, 2.75) is 84.4 Å². The molecule has 1 heterocycles. The maximum Gasteiger partial charge on any atom is 0.255 e. The molecule has 0 aliphatic carbocycles. The van der Waals surface area contributed by atoms with Gasteiger partial charge in [-0.3, -0.25) is 14.4 Å². The van der Waals surface area contributed by atoms with E-state index in [1.54, 1.807) is 19.2 Å². The molecule has 10 nitrogen and oxygen atoms in total. The van der Waals surface area contributed by atoms with Crippen LogP contribution in [0.15, 0.2) is 24.3 Å². The molecule has 5 unspecified atom stereocenters. The monoisotopic (exact) mass is 576 g/mol. The van der Waals surface area contributed by atoms with Crippen LogP contribution < -0.4 is 26.4 Å². The lowest BCUT2D eigenvalue weighted by atomic mass is 9.83. The molecule has 0 spiro atoms. The first-order chi connectivity index (χ1) is 19.5. The van der Waals surface area contributed by atoms with Crippen LogP contribution in [0, 0.1) is 23.7 Å². The zero-order valence-electron chi connectivity index (χ0n) is 25.5. The van der Waals surface area contributed by atoms with Gasteiger partial charge in [-0.05, 0) is 62.0 Å². The molecule has 2 rings (SSSR count). The number of nitrogens with one attached hydrogen (secondary N) is 3. The van der Waals surface area contributed by atoms with E-state index in [1.807, 2.05) is 26.0 Å². The Balaban J connectivity index is 1.89. The fourth-order valence-electron chi connectivity index (χ4n) is 5.03. The van der Waals surface area contributed by atoms with Crippen LogP contribution in [0.25, 0.3) is 0 Å². The summed E-state index contributed by atoms with van der Waals surface area (Å²) in [5, 5.41) is 19.8. The van der Waals surface area contributed by atoms with Crippen LogP contribution in [0.1, 0.15) is 76.6 Å². The molecule has 41 heavy (non-hydrogen) atoms. The summed E-state index contributed by atoms with van der Waals surface area (Å²) in [6.45, 7) is 10.00. The number of methoxy groups -OCH3 is 1. The van der Waals surface area contributed by atoms with E-state index in [2.05, 4.69) is 29.8 Å². The van der Waals surface area contributed by atoms with E-state index >= 15 is 0 Å². The van der Waals surface area contributed by atoms with Crippen molar-refractivity contribution < 1.29 is 29.0 Å². The Kier molecular flexibility index (Phi) is 15.1. The summed E-state index contributed by atoms with van der Waals surface area (Å²) < 4.78 is 10.9. The molecule has 1 saturated heterocycles. The van der Waals surface area contributed by atoms with E-state index in [-0.39, 0.29) is 47.9 Å². The lowest BCUT2D eigenvalue weighted by Crippen LogP contribution is -2.45. The van der Waals surface area contributed by atoms with Gasteiger partial charge >= 0.3 is 0 Å². The van der Waals surface area contributed by atoms with Crippen molar-refractivity contribution >= 4 is 17.7 Å². The quantitative estimate of drug-likeness (QED) is 0.159. The molecule has 0 aromatic heterocycles. The van der Waals surface area contributed by atoms with Crippen LogP contribution in [0.4, 0.5) is 0 Å². The molecular weight excluding hydrogens is 524 g/mol. The molecule has 3 amide bonds. The molecule has 0 bridgehead atoms. The van der Waals surface area contributed by atoms with Gasteiger partial charge in [0.1, 0.15) is 5.75 Å². The maximum absolute atomic E-state index is 13.1. The molecular formula is C31H52N4O6. The Hall–Kier alpha value is -2.69. The molecule has 1 fully saturated rings. The number of carbonyl (C=O) groups is 3. The fraction of sp³-hybridized carbons (Fsp3) is 0.710. The smallest absolute Gasteiger partial charge is 0.255 e. The number of unbranched alkanes of at least 4 members (excludes halogenated alkanes) is 1. The van der Waals surface area contributed by atoms with Crippen LogP contribution in [-0.2, 0) is 14.3 Å². The molecule has 0 saturated carbocycles. The van der Waals surface area contributed by atoms with Crippen molar-refractivity contribution in [2.24, 2.45) is 29.4 Å². The molecule has 1 aromatic rings. The summed E-state index contributed by atoms with van der Waals surface area (Å²) in [5.74, 6) is 0.0487. The van der Waals surface area contributed by atoms with Gasteiger partial charge in [-0.2, -0.15) is 0 Å². The second-order valence-corrected chi connectivity index (χ2v) is 11.9. The summed E-state index contributed by atoms with van der Waals surface area (Å²) in [7, 11) is 1.67. The van der Waals surface area contributed by atoms with E-state index in [1.165, 1.54) is 0 Å². The third kappa shape index (κ3) is 12.0. The molecule has 0 radical (unpaired) electrons. The normalized spacial score (nSPS) is 18.1. The van der Waals surface area contributed by atoms with E-state index in [0.717, 1.165) is 12.8 Å². The predicted molar refractivity (Wildman–Crippen MR) is 159 cm³/mol. The molecule has 5 atom stereocenters. The van der Waals surface area contributed by atoms with Crippen LogP contribution in [-0.4, -0.2) is 74.4 Å². The summed E-state index contributed by atoms with van der Waals surface area (Å²) in [5.41, 5.74) is 6.93. The first-order valence-electron chi connectivity index (χ1n) is 15.0. The Morgan fingerprint density at radius 3 is 2.41 bits per heavy atom. The summed E-state index contributed by atoms with van der Waals surface area (Å²) in [6, 6.07) is 6.60. The minimum absolute atomic E-state index is 0.00761. The summed E-state index contributed by atoms with van der Waals surface area (Å²) in [4.78, 5) is 37.4. The van der Waals surface area contributed by atoms with Crippen LogP contribution in [0.5, 0.6) is 5.75 Å². The van der Waals surface area contributed by atoms with Gasteiger partial charge in [0.2, 0.25) is 11.8 Å². The standard InChI is InChI=1S/C31H52N4O6/c1-20(2)22(18-33-30(38)24-10-6-7-11-28(24)41-15-9-8-14-40-5)16-26(32)27(36)17-25(21(3)4)31(39)34-19-23-12-13-29(37)35-23/h6-7,10-11,20-23,25-27,36H,8-9,12-19,32H2,1-5H3,(H,33,38)(H,34,39)(H,35,37). The van der Waals surface area contributed by atoms with Gasteiger partial charge in [0.05, 0.1) is 18.3 Å². The first kappa shape index (κ1) is 34.5. The van der Waals surface area contributed by atoms with E-state index in [9.17, 15) is 19.5 Å². The third-order valence-electron chi connectivity index (χ3n) is 7.91. The number of ether oxygens (including phenoxy) is 2. The van der Waals surface area contributed by atoms with Gasteiger partial charge in [0.25, 0.3) is 5.91 Å². The van der Waals surface area contributed by atoms with Crippen molar-refractivity contribution in [2.75, 3.05) is 33.4 Å². The van der Waals surface area contributed by atoms with E-state index in [0.29, 0.717) is 56.9 Å². The number of nitrogens with two attached hydrogens (primary N) is 1. The number of rotatable bonds is 19. The zero-order valence-corrected chi connectivity index (χ0v) is 25.5. The van der Waals surface area contributed by atoms with Crippen molar-refractivity contribution in [3.05, 3.63) is 29.8 Å². The van der Waals surface area contributed by atoms with Crippen LogP contribution in [0.2, 0.25) is 0 Å². The van der Waals surface area contributed by atoms with Gasteiger partial charge in [-0.1, -0.05) is 39.8 Å². The molecule has 6 N–H and O–H groups in total. The lowest BCUT2D eigenvalue weighted by Gasteiger charge is -2.30. The average Bonchev–Trinajstić information content (AvgIpc) is 3.36. The number of benzene rings is 1. The highest BCUT2D eigenvalue weighted by atomic mass is 16.5. The number of aliphatic hydroxyl groups excluding tert-OH is 1. The maximum atomic E-state index is 13.1. The van der Waals surface area contributed by atoms with Gasteiger partial charge in [-0.25, -0.2) is 0 Å². The van der Waals surface area contributed by atoms with Gasteiger partial charge < -0.3 is 36.3 Å². The molecule has 232 valence electrons. The van der Waals surface area contributed by atoms with Crippen molar-refractivity contribution in [1.29, 1.82) is 0 Å². The minimum Gasteiger partial charge on any atom is -0.493 e. The minimum atomic E-state index is -0.872. The fourth-order valence-corrected chi connectivity index (χ4v) is 5.03. The van der Waals surface area contributed by atoms with Gasteiger partial charge in [0.15, 0.2) is 0 Å². The number of hydrogen-bond acceptors (Lipinski definition) is 7. The first-order valence-corrected chi connectivity index (χ1v) is 15.0. The zero-order chi connectivity index (χ0) is 30.4. The van der Waals surface area contributed by atoms with E-state index in [4.69, 9.17) is 15.2 Å². The Morgan fingerprint density at radius 1 is 1.07 bits per heavy atom. The number of para-hydroxylation sites is 1. The Morgan fingerprint density at radius 2 is 1.78 bits per heavy atom. The van der Waals surface area contributed by atoms with Crippen LogP contribution in [0.3, 0.4) is 0 Å². The molecule has 10 heteroatoms. The molecule has 1 aliphatic rings. The highest BCUT2D eigenvalue weighted by Crippen LogP contribution is 2.24. The second-order valence-electron chi connectivity index (χ2n) is 11.9. The van der Waals surface area contributed by atoms with Crippen molar-refractivity contribution in [3.8, 4) is 5.75 Å². The number of aliphatic hydroxyl groups is 1. The van der Waals surface area contributed by atoms with Gasteiger partial charge in [0, 0.05) is 51.2 Å². The molecule has 1 aromatic carbocycles. The molecule has 1 aliphatic heterocycles. The number of carbonyl (C=O) groups excluding carboxylic acids is 3. The van der Waals surface area contributed by atoms with Gasteiger partial charge in [-0.15, -0.1) is 0 Å². The SMILES string of the molecule is COCCCCOc1ccccc1C(=O)NCC(CC(N)C(O)CC(C(=O)NCC1CCC(=O)N1)C(C)C)C(C)C. The van der Waals surface area contributed by atoms with Crippen LogP contribution >= 0.6 is 0 Å². The largest absolute Gasteiger partial charge is 0.493 e. The number of amides is 3. The average molecular weight is 577 g/mol. The second kappa shape index (κ2) is 18.0.